The van der Waals surface area contributed by atoms with Gasteiger partial charge in [0.25, 0.3) is 0 Å². The van der Waals surface area contributed by atoms with Gasteiger partial charge >= 0.3 is 11.2 Å². The summed E-state index contributed by atoms with van der Waals surface area (Å²) in [6.45, 7) is 8.44. The largest absolute Gasteiger partial charge is 0.457 e. The van der Waals surface area contributed by atoms with Crippen molar-refractivity contribution in [3.8, 4) is 0 Å². The van der Waals surface area contributed by atoms with Gasteiger partial charge in [-0.25, -0.2) is 0 Å². The molecule has 2 aliphatic heterocycles. The molecule has 0 aromatic heterocycles. The highest BCUT2D eigenvalue weighted by Gasteiger charge is 2.75. The standard InChI is InChI=1S/C31H37NO7S/c1-17-10-9-13-21-26-30(5,39-28(40)38-26)18(2)24-22(16-20-11-7-6-8-12-20)32-27(35)31(21,24)23(37-19(3)33)14-15-29(4,36)25(17)34/h6-9,11-15,17-18,21-24,26,36H,10,16H2,1-5H3,(H,32,35)/b13-9+,15-14+/t17-,18-,21-,22-,23+,24-,26-,29+,30+,31-/m0/s1. The highest BCUT2D eigenvalue weighted by atomic mass is 32.1. The molecule has 1 amide bonds. The first-order valence-corrected chi connectivity index (χ1v) is 14.3. The molecule has 214 valence electrons. The third-order valence-corrected chi connectivity index (χ3v) is 9.72. The number of hydrogen-bond donors (Lipinski definition) is 2. The lowest BCUT2D eigenvalue weighted by atomic mass is 9.48. The monoisotopic (exact) mass is 567 g/mol. The highest BCUT2D eigenvalue weighted by molar-refractivity contribution is 7.79. The van der Waals surface area contributed by atoms with Gasteiger partial charge in [-0.2, -0.15) is 0 Å². The van der Waals surface area contributed by atoms with Gasteiger partial charge in [-0.05, 0) is 44.4 Å². The van der Waals surface area contributed by atoms with E-state index in [0.717, 1.165) is 5.56 Å². The predicted molar refractivity (Wildman–Crippen MR) is 151 cm³/mol. The van der Waals surface area contributed by atoms with E-state index >= 15 is 0 Å². The molecule has 2 saturated heterocycles. The van der Waals surface area contributed by atoms with E-state index in [1.165, 1.54) is 26.0 Å². The number of allylic oxidation sites excluding steroid dienone is 1. The molecule has 40 heavy (non-hydrogen) atoms. The summed E-state index contributed by atoms with van der Waals surface area (Å²) in [6.07, 6.45) is 5.77. The van der Waals surface area contributed by atoms with Crippen LogP contribution in [0.3, 0.4) is 0 Å². The van der Waals surface area contributed by atoms with E-state index in [0.29, 0.717) is 12.8 Å². The molecule has 1 spiro atoms. The number of benzene rings is 1. The second-order valence-corrected chi connectivity index (χ2v) is 12.4. The molecule has 4 aliphatic rings. The quantitative estimate of drug-likeness (QED) is 0.325. The number of rotatable bonds is 3. The summed E-state index contributed by atoms with van der Waals surface area (Å²) in [5.41, 5.74) is -2.97. The fourth-order valence-corrected chi connectivity index (χ4v) is 7.84. The van der Waals surface area contributed by atoms with E-state index in [2.05, 4.69) is 5.32 Å². The Morgan fingerprint density at radius 1 is 1.18 bits per heavy atom. The SMILES string of the molecule is CC(=O)O[C@@H]1/C=C/[C@@](C)(O)C(=O)[C@@H](C)C/C=C/[C@H]2[C@@H]3OC(=S)O[C@]3(C)[C@@H](C)[C@H]3[C@H](Cc4ccccc4)NC(=O)[C@]312. The number of carbonyl (C=O) groups excluding carboxylic acids is 3. The Labute approximate surface area is 240 Å². The lowest BCUT2D eigenvalue weighted by Gasteiger charge is -2.55. The molecule has 10 atom stereocenters. The van der Waals surface area contributed by atoms with Crippen LogP contribution in [0.25, 0.3) is 0 Å². The van der Waals surface area contributed by atoms with Crippen LogP contribution in [-0.4, -0.2) is 57.5 Å². The molecule has 2 N–H and O–H groups in total. The molecule has 0 bridgehead atoms. The van der Waals surface area contributed by atoms with Crippen LogP contribution < -0.4 is 5.32 Å². The Morgan fingerprint density at radius 3 is 2.55 bits per heavy atom. The zero-order valence-electron chi connectivity index (χ0n) is 23.5. The van der Waals surface area contributed by atoms with Gasteiger partial charge in [-0.15, -0.1) is 0 Å². The minimum atomic E-state index is -1.82. The topological polar surface area (TPSA) is 111 Å². The molecular weight excluding hydrogens is 530 g/mol. The van der Waals surface area contributed by atoms with Crippen LogP contribution >= 0.6 is 12.2 Å². The lowest BCUT2D eigenvalue weighted by molar-refractivity contribution is -0.186. The fraction of sp³-hybridized carbons (Fsp3) is 0.548. The van der Waals surface area contributed by atoms with Gasteiger partial charge in [0, 0.05) is 48.9 Å². The molecule has 5 rings (SSSR count). The van der Waals surface area contributed by atoms with Crippen molar-refractivity contribution in [2.45, 2.75) is 76.9 Å². The zero-order valence-corrected chi connectivity index (χ0v) is 24.3. The van der Waals surface area contributed by atoms with E-state index in [9.17, 15) is 19.5 Å². The molecule has 2 heterocycles. The summed E-state index contributed by atoms with van der Waals surface area (Å²) >= 11 is 5.39. The molecule has 3 fully saturated rings. The van der Waals surface area contributed by atoms with Crippen LogP contribution in [0.5, 0.6) is 0 Å². The van der Waals surface area contributed by atoms with Crippen LogP contribution in [0.1, 0.15) is 46.6 Å². The number of nitrogens with one attached hydrogen (secondary N) is 1. The number of thiocarbonyl (C=S) groups is 1. The predicted octanol–water partition coefficient (Wildman–Crippen LogP) is 3.46. The molecule has 1 aromatic carbocycles. The van der Waals surface area contributed by atoms with Gasteiger partial charge in [-0.1, -0.05) is 56.3 Å². The van der Waals surface area contributed by atoms with Crippen molar-refractivity contribution in [3.63, 3.8) is 0 Å². The number of aliphatic hydroxyl groups is 1. The van der Waals surface area contributed by atoms with E-state index in [1.807, 2.05) is 56.3 Å². The third kappa shape index (κ3) is 4.38. The maximum Gasteiger partial charge on any atom is 0.353 e. The molecule has 1 aromatic rings. The van der Waals surface area contributed by atoms with Gasteiger partial charge in [-0.3, -0.25) is 14.4 Å². The van der Waals surface area contributed by atoms with E-state index < -0.39 is 52.5 Å². The van der Waals surface area contributed by atoms with Gasteiger partial charge in [0.1, 0.15) is 23.2 Å². The highest BCUT2D eigenvalue weighted by Crippen LogP contribution is 2.62. The summed E-state index contributed by atoms with van der Waals surface area (Å²) in [6, 6.07) is 9.56. The van der Waals surface area contributed by atoms with E-state index in [-0.39, 0.29) is 28.9 Å². The number of ether oxygens (including phenoxy) is 3. The van der Waals surface area contributed by atoms with Crippen molar-refractivity contribution in [2.75, 3.05) is 0 Å². The van der Waals surface area contributed by atoms with E-state index in [4.69, 9.17) is 26.4 Å². The molecule has 2 aliphatic carbocycles. The summed E-state index contributed by atoms with van der Waals surface area (Å²) in [7, 11) is 0. The first kappa shape index (κ1) is 28.5. The maximum absolute atomic E-state index is 14.5. The number of hydrogen-bond acceptors (Lipinski definition) is 8. The number of ketones is 1. The molecule has 0 radical (unpaired) electrons. The average molecular weight is 568 g/mol. The van der Waals surface area contributed by atoms with Gasteiger partial charge in [0.2, 0.25) is 5.91 Å². The summed E-state index contributed by atoms with van der Waals surface area (Å²) in [5.74, 6) is -3.02. The third-order valence-electron chi connectivity index (χ3n) is 9.54. The summed E-state index contributed by atoms with van der Waals surface area (Å²) < 4.78 is 18.3. The Hall–Kier alpha value is -3.04. The van der Waals surface area contributed by atoms with Gasteiger partial charge < -0.3 is 24.6 Å². The van der Waals surface area contributed by atoms with Crippen LogP contribution in [0.2, 0.25) is 0 Å². The van der Waals surface area contributed by atoms with Crippen LogP contribution in [0.4, 0.5) is 0 Å². The Kier molecular flexibility index (Phi) is 7.19. The van der Waals surface area contributed by atoms with Crippen molar-refractivity contribution in [2.24, 2.45) is 29.1 Å². The Morgan fingerprint density at radius 2 is 1.88 bits per heavy atom. The lowest BCUT2D eigenvalue weighted by Crippen LogP contribution is -2.67. The smallest absolute Gasteiger partial charge is 0.353 e. The second-order valence-electron chi connectivity index (χ2n) is 12.1. The maximum atomic E-state index is 14.5. The number of Topliss-reactive ketones (excluding diaryl/α,β-unsaturated/α-hetero) is 1. The molecule has 9 heteroatoms. The van der Waals surface area contributed by atoms with Crippen molar-refractivity contribution in [3.05, 3.63) is 60.2 Å². The Bertz CT molecular complexity index is 1280. The van der Waals surface area contributed by atoms with Crippen molar-refractivity contribution >= 4 is 35.1 Å². The number of carbonyl (C=O) groups is 3. The van der Waals surface area contributed by atoms with Crippen LogP contribution in [-0.2, 0) is 35.0 Å². The number of fused-ring (bicyclic) bond motifs is 2. The molecule has 0 unspecified atom stereocenters. The van der Waals surface area contributed by atoms with Crippen molar-refractivity contribution in [1.82, 2.24) is 5.32 Å². The summed E-state index contributed by atoms with van der Waals surface area (Å²) in [5, 5.41) is 14.4. The summed E-state index contributed by atoms with van der Waals surface area (Å²) in [4.78, 5) is 40.2. The number of esters is 1. The minimum Gasteiger partial charge on any atom is -0.457 e. The van der Waals surface area contributed by atoms with Gasteiger partial charge in [0.05, 0.1) is 0 Å². The van der Waals surface area contributed by atoms with Crippen molar-refractivity contribution < 1.29 is 33.7 Å². The molecule has 8 nitrogen and oxygen atoms in total. The first-order chi connectivity index (χ1) is 18.8. The van der Waals surface area contributed by atoms with Crippen molar-refractivity contribution in [1.29, 1.82) is 0 Å². The van der Waals surface area contributed by atoms with Crippen LogP contribution in [0.15, 0.2) is 54.6 Å². The zero-order chi connectivity index (χ0) is 29.0. The molecule has 1 saturated carbocycles. The minimum absolute atomic E-state index is 0.0169. The fourth-order valence-electron chi connectivity index (χ4n) is 7.56. The second kappa shape index (κ2) is 10.1. The van der Waals surface area contributed by atoms with Gasteiger partial charge in [0.15, 0.2) is 11.4 Å². The average Bonchev–Trinajstić information content (AvgIpc) is 3.36. The molecular formula is C31H37NO7S. The van der Waals surface area contributed by atoms with Crippen LogP contribution in [0, 0.1) is 29.1 Å². The van der Waals surface area contributed by atoms with E-state index in [1.54, 1.807) is 6.92 Å². The number of amides is 1. The first-order valence-electron chi connectivity index (χ1n) is 13.9. The Balaban J connectivity index is 1.76. The normalized spacial score (nSPS) is 44.0.